The van der Waals surface area contributed by atoms with E-state index in [-0.39, 0.29) is 5.91 Å². The summed E-state index contributed by atoms with van der Waals surface area (Å²) in [6.07, 6.45) is 2.66. The van der Waals surface area contributed by atoms with Gasteiger partial charge in [0, 0.05) is 43.8 Å². The first kappa shape index (κ1) is 13.1. The lowest BCUT2D eigenvalue weighted by Crippen LogP contribution is -2.35. The molecule has 3 heterocycles. The van der Waals surface area contributed by atoms with Crippen molar-refractivity contribution in [2.24, 2.45) is 0 Å². The Hall–Kier alpha value is -1.88. The van der Waals surface area contributed by atoms with Gasteiger partial charge < -0.3 is 9.80 Å². The van der Waals surface area contributed by atoms with Crippen LogP contribution in [0.2, 0.25) is 0 Å². The van der Waals surface area contributed by atoms with Crippen LogP contribution in [0.1, 0.15) is 20.8 Å². The predicted molar refractivity (Wildman–Crippen MR) is 81.3 cm³/mol. The summed E-state index contributed by atoms with van der Waals surface area (Å²) in [6, 6.07) is 5.77. The Labute approximate surface area is 122 Å². The fraction of sp³-hybridized carbons (Fsp3) is 0.333. The number of nitrogens with zero attached hydrogens (tertiary/aromatic N) is 3. The zero-order valence-electron chi connectivity index (χ0n) is 11.7. The van der Waals surface area contributed by atoms with Crippen LogP contribution in [0.15, 0.2) is 29.8 Å². The van der Waals surface area contributed by atoms with E-state index in [0.717, 1.165) is 25.3 Å². The first-order valence-corrected chi connectivity index (χ1v) is 7.51. The van der Waals surface area contributed by atoms with E-state index >= 15 is 0 Å². The average molecular weight is 287 g/mol. The topological polar surface area (TPSA) is 36.4 Å². The number of carbonyl (C=O) groups is 1. The van der Waals surface area contributed by atoms with Crippen LogP contribution in [0.25, 0.3) is 0 Å². The highest BCUT2D eigenvalue weighted by Gasteiger charge is 2.22. The van der Waals surface area contributed by atoms with Gasteiger partial charge in [-0.3, -0.25) is 4.79 Å². The second-order valence-corrected chi connectivity index (χ2v) is 6.14. The number of fused-ring (bicyclic) bond motifs is 1. The predicted octanol–water partition coefficient (Wildman–Crippen LogP) is 2.41. The maximum absolute atomic E-state index is 12.6. The lowest BCUT2D eigenvalue weighted by atomic mass is 10.1. The standard InChI is InChI=1S/C15H17N3OS/c1-17(2)14-9-11(3-6-16-14)15(19)18-7-4-13-12(10-18)5-8-20-13/h3,5-6,8-9H,4,7,10H2,1-2H3. The van der Waals surface area contributed by atoms with E-state index in [9.17, 15) is 4.79 Å². The van der Waals surface area contributed by atoms with Crippen molar-refractivity contribution in [2.75, 3.05) is 25.5 Å². The molecule has 1 aliphatic rings. The average Bonchev–Trinajstić information content (AvgIpc) is 2.94. The van der Waals surface area contributed by atoms with Crippen molar-refractivity contribution in [3.05, 3.63) is 45.8 Å². The van der Waals surface area contributed by atoms with E-state index in [4.69, 9.17) is 0 Å². The summed E-state index contributed by atoms with van der Waals surface area (Å²) in [4.78, 5) is 22.1. The van der Waals surface area contributed by atoms with Gasteiger partial charge in [0.1, 0.15) is 5.82 Å². The number of thiophene rings is 1. The molecule has 0 aromatic carbocycles. The molecule has 1 aliphatic heterocycles. The Balaban J connectivity index is 1.81. The van der Waals surface area contributed by atoms with Crippen LogP contribution in [0.4, 0.5) is 5.82 Å². The van der Waals surface area contributed by atoms with Crippen molar-refractivity contribution in [3.63, 3.8) is 0 Å². The third kappa shape index (κ3) is 2.41. The lowest BCUT2D eigenvalue weighted by molar-refractivity contribution is 0.0736. The van der Waals surface area contributed by atoms with Gasteiger partial charge in [-0.2, -0.15) is 0 Å². The third-order valence-electron chi connectivity index (χ3n) is 3.55. The van der Waals surface area contributed by atoms with Crippen LogP contribution >= 0.6 is 11.3 Å². The number of amides is 1. The number of hydrogen-bond donors (Lipinski definition) is 0. The Morgan fingerprint density at radius 1 is 1.40 bits per heavy atom. The zero-order chi connectivity index (χ0) is 14.1. The highest BCUT2D eigenvalue weighted by molar-refractivity contribution is 7.10. The highest BCUT2D eigenvalue weighted by atomic mass is 32.1. The van der Waals surface area contributed by atoms with E-state index in [1.807, 2.05) is 30.0 Å². The van der Waals surface area contributed by atoms with Gasteiger partial charge in [-0.1, -0.05) is 0 Å². The number of rotatable bonds is 2. The van der Waals surface area contributed by atoms with Crippen LogP contribution in [0, 0.1) is 0 Å². The SMILES string of the molecule is CN(C)c1cc(C(=O)N2CCc3sccc3C2)ccn1. The van der Waals surface area contributed by atoms with Crippen LogP contribution in [-0.4, -0.2) is 36.4 Å². The molecule has 1 amide bonds. The summed E-state index contributed by atoms with van der Waals surface area (Å²) in [5.74, 6) is 0.899. The minimum Gasteiger partial charge on any atom is -0.363 e. The number of hydrogen-bond acceptors (Lipinski definition) is 4. The van der Waals surface area contributed by atoms with Gasteiger partial charge in [-0.05, 0) is 35.6 Å². The Bertz CT molecular complexity index is 636. The Morgan fingerprint density at radius 3 is 3.05 bits per heavy atom. The van der Waals surface area contributed by atoms with E-state index in [1.54, 1.807) is 23.6 Å². The summed E-state index contributed by atoms with van der Waals surface area (Å²) in [6.45, 7) is 1.52. The fourth-order valence-corrected chi connectivity index (χ4v) is 3.29. The molecule has 2 aromatic heterocycles. The minimum atomic E-state index is 0.0901. The largest absolute Gasteiger partial charge is 0.363 e. The smallest absolute Gasteiger partial charge is 0.254 e. The molecule has 0 bridgehead atoms. The molecule has 104 valence electrons. The maximum atomic E-state index is 12.6. The van der Waals surface area contributed by atoms with Crippen molar-refractivity contribution in [1.82, 2.24) is 9.88 Å². The van der Waals surface area contributed by atoms with Crippen molar-refractivity contribution in [3.8, 4) is 0 Å². The molecule has 5 heteroatoms. The van der Waals surface area contributed by atoms with E-state index in [2.05, 4.69) is 16.4 Å². The molecular weight excluding hydrogens is 270 g/mol. The third-order valence-corrected chi connectivity index (χ3v) is 4.57. The molecular formula is C15H17N3OS. The second kappa shape index (κ2) is 5.25. The first-order valence-electron chi connectivity index (χ1n) is 6.63. The maximum Gasteiger partial charge on any atom is 0.254 e. The summed E-state index contributed by atoms with van der Waals surface area (Å²) < 4.78 is 0. The first-order chi connectivity index (χ1) is 9.65. The Kier molecular flexibility index (Phi) is 3.44. The van der Waals surface area contributed by atoms with Crippen molar-refractivity contribution >= 4 is 23.1 Å². The summed E-state index contributed by atoms with van der Waals surface area (Å²) in [5, 5.41) is 2.11. The molecule has 0 aliphatic carbocycles. The molecule has 0 fully saturated rings. The van der Waals surface area contributed by atoms with Gasteiger partial charge >= 0.3 is 0 Å². The van der Waals surface area contributed by atoms with Crippen molar-refractivity contribution in [1.29, 1.82) is 0 Å². The summed E-state index contributed by atoms with van der Waals surface area (Å²) in [7, 11) is 3.85. The van der Waals surface area contributed by atoms with Gasteiger partial charge in [0.05, 0.1) is 0 Å². The van der Waals surface area contributed by atoms with Gasteiger partial charge in [0.25, 0.3) is 5.91 Å². The van der Waals surface area contributed by atoms with Crippen molar-refractivity contribution in [2.45, 2.75) is 13.0 Å². The van der Waals surface area contributed by atoms with Crippen LogP contribution in [0.5, 0.6) is 0 Å². The summed E-state index contributed by atoms with van der Waals surface area (Å²) in [5.41, 5.74) is 2.00. The molecule has 0 unspecified atom stereocenters. The van der Waals surface area contributed by atoms with E-state index in [1.165, 1.54) is 10.4 Å². The molecule has 0 saturated carbocycles. The second-order valence-electron chi connectivity index (χ2n) is 5.14. The molecule has 0 spiro atoms. The van der Waals surface area contributed by atoms with E-state index < -0.39 is 0 Å². The van der Waals surface area contributed by atoms with Crippen molar-refractivity contribution < 1.29 is 4.79 Å². The number of pyridine rings is 1. The van der Waals surface area contributed by atoms with Gasteiger partial charge in [0.2, 0.25) is 0 Å². The van der Waals surface area contributed by atoms with Crippen LogP contribution < -0.4 is 4.90 Å². The number of aromatic nitrogens is 1. The lowest BCUT2D eigenvalue weighted by Gasteiger charge is -2.27. The zero-order valence-corrected chi connectivity index (χ0v) is 12.5. The molecule has 0 saturated heterocycles. The molecule has 0 radical (unpaired) electrons. The van der Waals surface area contributed by atoms with Crippen LogP contribution in [0.3, 0.4) is 0 Å². The quantitative estimate of drug-likeness (QED) is 0.851. The van der Waals surface area contributed by atoms with Crippen LogP contribution in [-0.2, 0) is 13.0 Å². The summed E-state index contributed by atoms with van der Waals surface area (Å²) >= 11 is 1.79. The monoisotopic (exact) mass is 287 g/mol. The van der Waals surface area contributed by atoms with Gasteiger partial charge in [0.15, 0.2) is 0 Å². The normalized spacial score (nSPS) is 14.0. The molecule has 2 aromatic rings. The molecule has 0 N–H and O–H groups in total. The highest BCUT2D eigenvalue weighted by Crippen LogP contribution is 2.25. The van der Waals surface area contributed by atoms with Gasteiger partial charge in [-0.15, -0.1) is 11.3 Å². The van der Waals surface area contributed by atoms with Gasteiger partial charge in [-0.25, -0.2) is 4.98 Å². The fourth-order valence-electron chi connectivity index (χ4n) is 2.40. The molecule has 4 nitrogen and oxygen atoms in total. The number of carbonyl (C=O) groups excluding carboxylic acids is 1. The molecule has 20 heavy (non-hydrogen) atoms. The Morgan fingerprint density at radius 2 is 2.25 bits per heavy atom. The molecule has 3 rings (SSSR count). The van der Waals surface area contributed by atoms with E-state index in [0.29, 0.717) is 5.56 Å². The minimum absolute atomic E-state index is 0.0901. The molecule has 0 atom stereocenters. The number of anilines is 1.